The van der Waals surface area contributed by atoms with Crippen LogP contribution in [0.25, 0.3) is 0 Å². The minimum Gasteiger partial charge on any atom is -0.365 e. The first-order valence-corrected chi connectivity index (χ1v) is 10.1. The van der Waals surface area contributed by atoms with Crippen LogP contribution < -0.4 is 11.1 Å². The molecule has 4 rings (SSSR count). The van der Waals surface area contributed by atoms with Crippen molar-refractivity contribution in [2.45, 2.75) is 39.7 Å². The predicted molar refractivity (Wildman–Crippen MR) is 110 cm³/mol. The average Bonchev–Trinajstić information content (AvgIpc) is 3.29. The highest BCUT2D eigenvalue weighted by Crippen LogP contribution is 2.39. The quantitative estimate of drug-likeness (QED) is 0.694. The Morgan fingerprint density at radius 1 is 1.18 bits per heavy atom. The summed E-state index contributed by atoms with van der Waals surface area (Å²) >= 11 is 1.46. The van der Waals surface area contributed by atoms with Crippen molar-refractivity contribution in [1.82, 2.24) is 9.78 Å². The summed E-state index contributed by atoms with van der Waals surface area (Å²) in [7, 11) is 0. The van der Waals surface area contributed by atoms with Crippen molar-refractivity contribution >= 4 is 28.2 Å². The van der Waals surface area contributed by atoms with E-state index in [0.717, 1.165) is 41.0 Å². The van der Waals surface area contributed by atoms with Gasteiger partial charge in [0.05, 0.1) is 23.4 Å². The third-order valence-electron chi connectivity index (χ3n) is 5.18. The van der Waals surface area contributed by atoms with Gasteiger partial charge in [0.25, 0.3) is 11.8 Å². The molecule has 0 saturated carbocycles. The van der Waals surface area contributed by atoms with Crippen LogP contribution in [0.2, 0.25) is 0 Å². The van der Waals surface area contributed by atoms with Crippen LogP contribution in [-0.2, 0) is 19.4 Å². The van der Waals surface area contributed by atoms with Gasteiger partial charge in [0.15, 0.2) is 0 Å². The van der Waals surface area contributed by atoms with Gasteiger partial charge in [-0.05, 0) is 44.2 Å². The van der Waals surface area contributed by atoms with Crippen molar-refractivity contribution < 1.29 is 9.59 Å². The fourth-order valence-electron chi connectivity index (χ4n) is 3.85. The number of fused-ring (bicyclic) bond motifs is 1. The van der Waals surface area contributed by atoms with Gasteiger partial charge < -0.3 is 11.1 Å². The summed E-state index contributed by atoms with van der Waals surface area (Å²) in [5, 5.41) is 8.02. The fourth-order valence-corrected chi connectivity index (χ4v) is 5.14. The number of primary amides is 1. The molecular formula is C21H22N4O2S. The topological polar surface area (TPSA) is 90.0 Å². The van der Waals surface area contributed by atoms with E-state index in [1.165, 1.54) is 11.3 Å². The number of benzene rings is 1. The number of nitrogens with zero attached hydrogens (tertiary/aromatic N) is 2. The molecule has 0 radical (unpaired) electrons. The van der Waals surface area contributed by atoms with E-state index < -0.39 is 5.91 Å². The fraction of sp³-hybridized carbons (Fsp3) is 0.286. The van der Waals surface area contributed by atoms with Crippen LogP contribution >= 0.6 is 11.3 Å². The Hall–Kier alpha value is -2.93. The SMILES string of the molecule is Cc1nn(Cc2ccccc2)c(C)c1C(=O)Nc1sc2c(c1C(N)=O)CCC2. The number of nitrogens with two attached hydrogens (primary N) is 1. The third kappa shape index (κ3) is 3.22. The molecule has 1 aromatic carbocycles. The number of hydrogen-bond donors (Lipinski definition) is 2. The van der Waals surface area contributed by atoms with Crippen molar-refractivity contribution in [3.05, 3.63) is 68.9 Å². The summed E-state index contributed by atoms with van der Waals surface area (Å²) in [6.07, 6.45) is 2.80. The van der Waals surface area contributed by atoms with Gasteiger partial charge in [-0.15, -0.1) is 11.3 Å². The highest BCUT2D eigenvalue weighted by molar-refractivity contribution is 7.17. The molecular weight excluding hydrogens is 372 g/mol. The molecule has 0 atom stereocenters. The molecule has 0 fully saturated rings. The van der Waals surface area contributed by atoms with E-state index in [-0.39, 0.29) is 5.91 Å². The van der Waals surface area contributed by atoms with Gasteiger partial charge in [0, 0.05) is 10.6 Å². The number of aryl methyl sites for hydroxylation is 2. The number of carbonyl (C=O) groups is 2. The van der Waals surface area contributed by atoms with E-state index in [9.17, 15) is 9.59 Å². The summed E-state index contributed by atoms with van der Waals surface area (Å²) in [4.78, 5) is 26.1. The molecule has 144 valence electrons. The van der Waals surface area contributed by atoms with Crippen LogP contribution in [0.15, 0.2) is 30.3 Å². The Balaban J connectivity index is 1.62. The van der Waals surface area contributed by atoms with E-state index in [0.29, 0.717) is 28.4 Å². The lowest BCUT2D eigenvalue weighted by Gasteiger charge is -2.07. The Morgan fingerprint density at radius 3 is 2.64 bits per heavy atom. The van der Waals surface area contributed by atoms with E-state index in [1.54, 1.807) is 0 Å². The van der Waals surface area contributed by atoms with Crippen molar-refractivity contribution in [3.63, 3.8) is 0 Å². The number of nitrogens with one attached hydrogen (secondary N) is 1. The zero-order chi connectivity index (χ0) is 19.8. The number of anilines is 1. The molecule has 3 N–H and O–H groups in total. The maximum atomic E-state index is 13.0. The Morgan fingerprint density at radius 2 is 1.93 bits per heavy atom. The molecule has 2 amide bonds. The van der Waals surface area contributed by atoms with Gasteiger partial charge in [0.2, 0.25) is 0 Å². The first-order valence-electron chi connectivity index (χ1n) is 9.29. The number of amides is 2. The molecule has 0 aliphatic heterocycles. The zero-order valence-corrected chi connectivity index (χ0v) is 16.7. The van der Waals surface area contributed by atoms with Crippen molar-refractivity contribution in [2.75, 3.05) is 5.32 Å². The molecule has 3 aromatic rings. The average molecular weight is 395 g/mol. The molecule has 2 heterocycles. The van der Waals surface area contributed by atoms with Gasteiger partial charge in [-0.25, -0.2) is 0 Å². The molecule has 2 aromatic heterocycles. The maximum absolute atomic E-state index is 13.0. The normalized spacial score (nSPS) is 12.8. The molecule has 1 aliphatic rings. The van der Waals surface area contributed by atoms with E-state index in [1.807, 2.05) is 48.9 Å². The Kier molecular flexibility index (Phi) is 4.77. The van der Waals surface area contributed by atoms with Crippen molar-refractivity contribution in [2.24, 2.45) is 5.73 Å². The Bertz CT molecular complexity index is 1070. The summed E-state index contributed by atoms with van der Waals surface area (Å²) in [5.41, 5.74) is 10.2. The molecule has 28 heavy (non-hydrogen) atoms. The van der Waals surface area contributed by atoms with Crippen molar-refractivity contribution in [1.29, 1.82) is 0 Å². The Labute approximate surface area is 167 Å². The molecule has 7 heteroatoms. The maximum Gasteiger partial charge on any atom is 0.260 e. The first-order chi connectivity index (χ1) is 13.5. The molecule has 0 unspecified atom stereocenters. The molecule has 0 spiro atoms. The zero-order valence-electron chi connectivity index (χ0n) is 15.9. The summed E-state index contributed by atoms with van der Waals surface area (Å²) < 4.78 is 1.84. The van der Waals surface area contributed by atoms with E-state index in [2.05, 4.69) is 10.4 Å². The lowest BCUT2D eigenvalue weighted by Crippen LogP contribution is -2.18. The van der Waals surface area contributed by atoms with Crippen molar-refractivity contribution in [3.8, 4) is 0 Å². The highest BCUT2D eigenvalue weighted by atomic mass is 32.1. The molecule has 0 bridgehead atoms. The van der Waals surface area contributed by atoms with Crippen LogP contribution in [0.3, 0.4) is 0 Å². The lowest BCUT2D eigenvalue weighted by molar-refractivity contribution is 0.100. The number of carbonyl (C=O) groups excluding carboxylic acids is 2. The smallest absolute Gasteiger partial charge is 0.260 e. The van der Waals surface area contributed by atoms with E-state index in [4.69, 9.17) is 5.73 Å². The monoisotopic (exact) mass is 394 g/mol. The van der Waals surface area contributed by atoms with Crippen LogP contribution in [0.5, 0.6) is 0 Å². The van der Waals surface area contributed by atoms with Gasteiger partial charge in [0.1, 0.15) is 5.00 Å². The summed E-state index contributed by atoms with van der Waals surface area (Å²) in [6, 6.07) is 10.00. The second-order valence-corrected chi connectivity index (χ2v) is 8.17. The predicted octanol–water partition coefficient (Wildman–Crippen LogP) is 3.45. The third-order valence-corrected chi connectivity index (χ3v) is 6.39. The van der Waals surface area contributed by atoms with Gasteiger partial charge in [-0.1, -0.05) is 30.3 Å². The van der Waals surface area contributed by atoms with Gasteiger partial charge >= 0.3 is 0 Å². The van der Waals surface area contributed by atoms with Gasteiger partial charge in [-0.2, -0.15) is 5.10 Å². The lowest BCUT2D eigenvalue weighted by atomic mass is 10.1. The number of aromatic nitrogens is 2. The second kappa shape index (κ2) is 7.24. The molecule has 6 nitrogen and oxygen atoms in total. The first kappa shape index (κ1) is 18.4. The van der Waals surface area contributed by atoms with Gasteiger partial charge in [-0.3, -0.25) is 14.3 Å². The minimum absolute atomic E-state index is 0.253. The molecule has 1 aliphatic carbocycles. The van der Waals surface area contributed by atoms with Crippen LogP contribution in [-0.4, -0.2) is 21.6 Å². The van der Waals surface area contributed by atoms with E-state index >= 15 is 0 Å². The minimum atomic E-state index is -0.483. The second-order valence-electron chi connectivity index (χ2n) is 7.07. The van der Waals surface area contributed by atoms with Crippen LogP contribution in [0, 0.1) is 13.8 Å². The number of hydrogen-bond acceptors (Lipinski definition) is 4. The summed E-state index contributed by atoms with van der Waals surface area (Å²) in [6.45, 7) is 4.31. The van der Waals surface area contributed by atoms with Crippen LogP contribution in [0.1, 0.15) is 54.5 Å². The number of rotatable bonds is 5. The largest absolute Gasteiger partial charge is 0.365 e. The standard InChI is InChI=1S/C21H22N4O2S/c1-12-17(13(2)25(24-12)11-14-7-4-3-5-8-14)20(27)23-21-18(19(22)26)15-9-6-10-16(15)28-21/h3-5,7-8H,6,9-11H2,1-2H3,(H2,22,26)(H,23,27). The highest BCUT2D eigenvalue weighted by Gasteiger charge is 2.27. The molecule has 0 saturated heterocycles. The number of thiophene rings is 1. The summed E-state index contributed by atoms with van der Waals surface area (Å²) in [5.74, 6) is -0.736. The van der Waals surface area contributed by atoms with Crippen LogP contribution in [0.4, 0.5) is 5.00 Å².